The Labute approximate surface area is 194 Å². The number of carbonyl (C=O) groups is 1. The maximum Gasteiger partial charge on any atom is 0.232 e. The van der Waals surface area contributed by atoms with Gasteiger partial charge >= 0.3 is 0 Å². The van der Waals surface area contributed by atoms with Crippen molar-refractivity contribution in [3.05, 3.63) is 89.4 Å². The summed E-state index contributed by atoms with van der Waals surface area (Å²) in [6.45, 7) is 2.38. The van der Waals surface area contributed by atoms with E-state index in [1.165, 1.54) is 6.20 Å². The minimum absolute atomic E-state index is 0.166. The molecule has 1 N–H and O–H groups in total. The molecule has 0 spiro atoms. The molecule has 1 unspecified atom stereocenters. The van der Waals surface area contributed by atoms with Crippen molar-refractivity contribution in [2.45, 2.75) is 25.7 Å². The van der Waals surface area contributed by atoms with Crippen LogP contribution in [-0.2, 0) is 11.2 Å². The van der Waals surface area contributed by atoms with Crippen LogP contribution in [0.15, 0.2) is 60.8 Å². The van der Waals surface area contributed by atoms with Crippen molar-refractivity contribution in [2.75, 3.05) is 11.9 Å². The molecule has 2 heterocycles. The second-order valence-corrected chi connectivity index (χ2v) is 8.17. The van der Waals surface area contributed by atoms with Crippen LogP contribution in [0.5, 0.6) is 5.75 Å². The van der Waals surface area contributed by atoms with Crippen LogP contribution in [0.3, 0.4) is 0 Å². The van der Waals surface area contributed by atoms with Crippen molar-refractivity contribution in [2.24, 2.45) is 0 Å². The van der Waals surface area contributed by atoms with Gasteiger partial charge < -0.3 is 10.1 Å². The number of nitrogens with one attached hydrogen (secondary N) is 1. The SMILES string of the molecule is CCc1c(NC(=O)C2CCOc3ccccc32)cnc2c(-c3cc(F)cc(F)c3F)cccc12. The third-order valence-electron chi connectivity index (χ3n) is 6.18. The summed E-state index contributed by atoms with van der Waals surface area (Å²) in [6, 6.07) is 14.0. The van der Waals surface area contributed by atoms with E-state index in [0.717, 1.165) is 17.2 Å². The predicted molar refractivity (Wildman–Crippen MR) is 124 cm³/mol. The molecular formula is C27H21F3N2O2. The molecule has 3 aromatic carbocycles. The quantitative estimate of drug-likeness (QED) is 0.358. The van der Waals surface area contributed by atoms with Crippen LogP contribution in [0.2, 0.25) is 0 Å². The average molecular weight is 462 g/mol. The Balaban J connectivity index is 1.56. The number of pyridine rings is 1. The minimum atomic E-state index is -1.26. The first-order chi connectivity index (χ1) is 16.5. The summed E-state index contributed by atoms with van der Waals surface area (Å²) >= 11 is 0. The largest absolute Gasteiger partial charge is 0.493 e. The molecule has 0 radical (unpaired) electrons. The first-order valence-electron chi connectivity index (χ1n) is 11.1. The number of hydrogen-bond donors (Lipinski definition) is 1. The molecule has 0 bridgehead atoms. The van der Waals surface area contributed by atoms with E-state index in [4.69, 9.17) is 4.74 Å². The Morgan fingerprint density at radius 2 is 1.91 bits per heavy atom. The molecule has 34 heavy (non-hydrogen) atoms. The number of carbonyl (C=O) groups excluding carboxylic acids is 1. The number of halogens is 3. The van der Waals surface area contributed by atoms with Crippen molar-refractivity contribution < 1.29 is 22.7 Å². The van der Waals surface area contributed by atoms with E-state index in [2.05, 4.69) is 10.3 Å². The van der Waals surface area contributed by atoms with Crippen LogP contribution in [0, 0.1) is 17.5 Å². The molecule has 1 aliphatic heterocycles. The fraction of sp³-hybridized carbons (Fsp3) is 0.185. The second-order valence-electron chi connectivity index (χ2n) is 8.17. The topological polar surface area (TPSA) is 51.2 Å². The zero-order chi connectivity index (χ0) is 23.8. The Hall–Kier alpha value is -3.87. The van der Waals surface area contributed by atoms with Gasteiger partial charge in [0.25, 0.3) is 0 Å². The maximum atomic E-state index is 14.5. The number of rotatable bonds is 4. The number of anilines is 1. The van der Waals surface area contributed by atoms with Gasteiger partial charge in [0.15, 0.2) is 11.6 Å². The molecule has 4 aromatic rings. The fourth-order valence-corrected chi connectivity index (χ4v) is 4.57. The van der Waals surface area contributed by atoms with Gasteiger partial charge in [-0.3, -0.25) is 9.78 Å². The van der Waals surface area contributed by atoms with Crippen LogP contribution in [0.25, 0.3) is 22.0 Å². The van der Waals surface area contributed by atoms with Gasteiger partial charge in [0.1, 0.15) is 11.6 Å². The van der Waals surface area contributed by atoms with Gasteiger partial charge in [0, 0.05) is 28.1 Å². The van der Waals surface area contributed by atoms with Crippen molar-refractivity contribution in [1.82, 2.24) is 4.98 Å². The minimum Gasteiger partial charge on any atom is -0.493 e. The highest BCUT2D eigenvalue weighted by Crippen LogP contribution is 2.37. The average Bonchev–Trinajstić information content (AvgIpc) is 2.85. The lowest BCUT2D eigenvalue weighted by Gasteiger charge is -2.25. The fourth-order valence-electron chi connectivity index (χ4n) is 4.57. The number of hydrogen-bond acceptors (Lipinski definition) is 3. The summed E-state index contributed by atoms with van der Waals surface area (Å²) in [7, 11) is 0. The smallest absolute Gasteiger partial charge is 0.232 e. The van der Waals surface area contributed by atoms with Crippen LogP contribution >= 0.6 is 0 Å². The number of aryl methyl sites for hydroxylation is 1. The van der Waals surface area contributed by atoms with E-state index in [1.54, 1.807) is 18.2 Å². The molecule has 7 heteroatoms. The predicted octanol–water partition coefficient (Wildman–Crippen LogP) is 6.39. The van der Waals surface area contributed by atoms with E-state index < -0.39 is 17.5 Å². The molecule has 0 saturated heterocycles. The van der Waals surface area contributed by atoms with Crippen molar-refractivity contribution in [1.29, 1.82) is 0 Å². The van der Waals surface area contributed by atoms with Gasteiger partial charge in [-0.25, -0.2) is 13.2 Å². The first kappa shape index (κ1) is 21.9. The molecule has 0 saturated carbocycles. The Kier molecular flexibility index (Phi) is 5.69. The molecule has 1 atom stereocenters. The number of benzene rings is 3. The van der Waals surface area contributed by atoms with Crippen LogP contribution in [0.1, 0.15) is 30.4 Å². The summed E-state index contributed by atoms with van der Waals surface area (Å²) < 4.78 is 47.9. The highest BCUT2D eigenvalue weighted by molar-refractivity contribution is 6.02. The highest BCUT2D eigenvalue weighted by atomic mass is 19.2. The van der Waals surface area contributed by atoms with Gasteiger partial charge in [-0.05, 0) is 30.5 Å². The zero-order valence-electron chi connectivity index (χ0n) is 18.4. The van der Waals surface area contributed by atoms with Gasteiger partial charge in [0.05, 0.1) is 29.9 Å². The van der Waals surface area contributed by atoms with E-state index in [9.17, 15) is 18.0 Å². The third kappa shape index (κ3) is 3.77. The Morgan fingerprint density at radius 3 is 2.74 bits per heavy atom. The molecule has 172 valence electrons. The monoisotopic (exact) mass is 462 g/mol. The standard InChI is InChI=1S/C27H21F3N2O2/c1-2-16-18-7-5-8-19(21-12-15(28)13-22(29)25(21)30)26(18)31-14-23(16)32-27(33)20-10-11-34-24-9-4-3-6-17(20)24/h3-9,12-14,20H,2,10-11H2,1H3,(H,32,33). The van der Waals surface area contributed by atoms with Crippen molar-refractivity contribution in [3.8, 4) is 16.9 Å². The molecule has 1 amide bonds. The van der Waals surface area contributed by atoms with Gasteiger partial charge in [-0.15, -0.1) is 0 Å². The van der Waals surface area contributed by atoms with E-state index in [1.807, 2.05) is 31.2 Å². The summed E-state index contributed by atoms with van der Waals surface area (Å²) in [6.07, 6.45) is 2.63. The van der Waals surface area contributed by atoms with E-state index in [-0.39, 0.29) is 23.0 Å². The van der Waals surface area contributed by atoms with Crippen LogP contribution in [-0.4, -0.2) is 17.5 Å². The zero-order valence-corrected chi connectivity index (χ0v) is 18.4. The first-order valence-corrected chi connectivity index (χ1v) is 11.1. The number of para-hydroxylation sites is 2. The summed E-state index contributed by atoms with van der Waals surface area (Å²) in [4.78, 5) is 17.7. The van der Waals surface area contributed by atoms with Gasteiger partial charge in [0.2, 0.25) is 5.91 Å². The molecule has 1 aromatic heterocycles. The van der Waals surface area contributed by atoms with Gasteiger partial charge in [-0.2, -0.15) is 0 Å². The number of amides is 1. The van der Waals surface area contributed by atoms with Crippen molar-refractivity contribution in [3.63, 3.8) is 0 Å². The van der Waals surface area contributed by atoms with Crippen molar-refractivity contribution >= 4 is 22.5 Å². The molecule has 0 fully saturated rings. The summed E-state index contributed by atoms with van der Waals surface area (Å²) in [5.74, 6) is -3.09. The lowest BCUT2D eigenvalue weighted by molar-refractivity contribution is -0.118. The molecule has 0 aliphatic carbocycles. The number of fused-ring (bicyclic) bond motifs is 2. The van der Waals surface area contributed by atoms with E-state index in [0.29, 0.717) is 47.9 Å². The lowest BCUT2D eigenvalue weighted by atomic mass is 9.92. The molecule has 5 rings (SSSR count). The Bertz CT molecular complexity index is 1420. The Morgan fingerprint density at radius 1 is 1.09 bits per heavy atom. The molecular weight excluding hydrogens is 441 g/mol. The van der Waals surface area contributed by atoms with Crippen LogP contribution in [0.4, 0.5) is 18.9 Å². The van der Waals surface area contributed by atoms with E-state index >= 15 is 0 Å². The second kappa shape index (κ2) is 8.82. The van der Waals surface area contributed by atoms with Gasteiger partial charge in [-0.1, -0.05) is 43.3 Å². The lowest BCUT2D eigenvalue weighted by Crippen LogP contribution is -2.27. The third-order valence-corrected chi connectivity index (χ3v) is 6.18. The van der Waals surface area contributed by atoms with Crippen LogP contribution < -0.4 is 10.1 Å². The highest BCUT2D eigenvalue weighted by Gasteiger charge is 2.28. The normalized spacial score (nSPS) is 15.0. The summed E-state index contributed by atoms with van der Waals surface area (Å²) in [5.41, 5.74) is 2.67. The maximum absolute atomic E-state index is 14.5. The number of nitrogens with zero attached hydrogens (tertiary/aromatic N) is 1. The number of aromatic nitrogens is 1. The molecule has 4 nitrogen and oxygen atoms in total. The summed E-state index contributed by atoms with van der Waals surface area (Å²) in [5, 5.41) is 3.68. The molecule has 1 aliphatic rings. The number of ether oxygens (including phenoxy) is 1.